The number of nitrogens with one attached hydrogen (secondary N) is 3. The van der Waals surface area contributed by atoms with Gasteiger partial charge < -0.3 is 16.0 Å². The van der Waals surface area contributed by atoms with E-state index in [0.29, 0.717) is 6.04 Å². The van der Waals surface area contributed by atoms with Crippen LogP contribution in [0.15, 0.2) is 36.7 Å². The number of carbonyl (C=O) groups excluding carboxylic acids is 1. The van der Waals surface area contributed by atoms with Gasteiger partial charge in [-0.15, -0.1) is 0 Å². The molecular formula is C19H23N5O. The lowest BCUT2D eigenvalue weighted by atomic mass is 10.0. The highest BCUT2D eigenvalue weighted by atomic mass is 16.1. The van der Waals surface area contributed by atoms with Gasteiger partial charge in [0, 0.05) is 24.2 Å². The molecule has 2 aliphatic rings. The van der Waals surface area contributed by atoms with Gasteiger partial charge in [0.05, 0.1) is 18.1 Å². The van der Waals surface area contributed by atoms with Crippen LogP contribution in [0.3, 0.4) is 0 Å². The van der Waals surface area contributed by atoms with Crippen molar-refractivity contribution in [3.63, 3.8) is 0 Å². The van der Waals surface area contributed by atoms with Crippen LogP contribution >= 0.6 is 0 Å². The Labute approximate surface area is 147 Å². The molecule has 1 amide bonds. The van der Waals surface area contributed by atoms with E-state index in [-0.39, 0.29) is 5.91 Å². The molecule has 1 aromatic carbocycles. The molecule has 1 saturated heterocycles. The average molecular weight is 337 g/mol. The Kier molecular flexibility index (Phi) is 4.36. The van der Waals surface area contributed by atoms with E-state index in [9.17, 15) is 4.79 Å². The lowest BCUT2D eigenvalue weighted by molar-refractivity contribution is -0.114. The van der Waals surface area contributed by atoms with Gasteiger partial charge in [0.15, 0.2) is 0 Å². The summed E-state index contributed by atoms with van der Waals surface area (Å²) in [6.45, 7) is 3.81. The number of amides is 1. The molecule has 1 saturated carbocycles. The largest absolute Gasteiger partial charge is 0.366 e. The summed E-state index contributed by atoms with van der Waals surface area (Å²) in [6.07, 6.45) is 6.04. The normalized spacial score (nSPS) is 24.8. The van der Waals surface area contributed by atoms with E-state index in [1.165, 1.54) is 19.8 Å². The van der Waals surface area contributed by atoms with E-state index in [1.54, 1.807) is 6.20 Å². The highest BCUT2D eigenvalue weighted by Crippen LogP contribution is 2.35. The standard InChI is InChI=1S/C19H23N5O/c1-12(25)23-16-4-2-13(3-5-16)18-10-22-19(11-21-18)24-17-6-14-8-20-9-15(14)7-17/h2-5,10-11,14-15,17,20H,6-9H2,1H3,(H,22,24)(H,23,25). The lowest BCUT2D eigenvalue weighted by Gasteiger charge is -2.14. The van der Waals surface area contributed by atoms with Crippen LogP contribution in [-0.4, -0.2) is 35.0 Å². The zero-order valence-corrected chi connectivity index (χ0v) is 14.3. The van der Waals surface area contributed by atoms with E-state index >= 15 is 0 Å². The Morgan fingerprint density at radius 2 is 1.80 bits per heavy atom. The Morgan fingerprint density at radius 1 is 1.08 bits per heavy atom. The zero-order valence-electron chi connectivity index (χ0n) is 14.3. The molecule has 1 aromatic heterocycles. The maximum Gasteiger partial charge on any atom is 0.221 e. The molecule has 0 bridgehead atoms. The first kappa shape index (κ1) is 16.0. The zero-order chi connectivity index (χ0) is 17.2. The second-order valence-electron chi connectivity index (χ2n) is 7.04. The van der Waals surface area contributed by atoms with Crippen molar-refractivity contribution in [3.8, 4) is 11.3 Å². The van der Waals surface area contributed by atoms with Crippen LogP contribution in [0.25, 0.3) is 11.3 Å². The molecule has 6 nitrogen and oxygen atoms in total. The monoisotopic (exact) mass is 337 g/mol. The molecule has 2 heterocycles. The number of hydrogen-bond donors (Lipinski definition) is 3. The summed E-state index contributed by atoms with van der Waals surface area (Å²) < 4.78 is 0. The maximum atomic E-state index is 11.1. The van der Waals surface area contributed by atoms with E-state index in [4.69, 9.17) is 0 Å². The van der Waals surface area contributed by atoms with E-state index < -0.39 is 0 Å². The molecule has 0 spiro atoms. The first-order valence-electron chi connectivity index (χ1n) is 8.85. The number of benzene rings is 1. The molecule has 1 aliphatic heterocycles. The summed E-state index contributed by atoms with van der Waals surface area (Å²) in [7, 11) is 0. The Hall–Kier alpha value is -2.47. The third-order valence-corrected chi connectivity index (χ3v) is 5.16. The predicted octanol–water partition coefficient (Wildman–Crippen LogP) is 2.51. The summed E-state index contributed by atoms with van der Waals surface area (Å²) in [5.74, 6) is 2.39. The van der Waals surface area contributed by atoms with Crippen LogP contribution < -0.4 is 16.0 Å². The van der Waals surface area contributed by atoms with Gasteiger partial charge >= 0.3 is 0 Å². The molecule has 3 N–H and O–H groups in total. The van der Waals surface area contributed by atoms with Gasteiger partial charge in [0.25, 0.3) is 0 Å². The van der Waals surface area contributed by atoms with Gasteiger partial charge in [-0.25, -0.2) is 4.98 Å². The first-order valence-corrected chi connectivity index (χ1v) is 8.85. The fraction of sp³-hybridized carbons (Fsp3) is 0.421. The summed E-state index contributed by atoms with van der Waals surface area (Å²) in [5.41, 5.74) is 2.59. The number of anilines is 2. The number of fused-ring (bicyclic) bond motifs is 1. The summed E-state index contributed by atoms with van der Waals surface area (Å²) in [4.78, 5) is 20.1. The molecule has 2 unspecified atom stereocenters. The van der Waals surface area contributed by atoms with Crippen molar-refractivity contribution in [3.05, 3.63) is 36.7 Å². The Balaban J connectivity index is 1.39. The number of carbonyl (C=O) groups is 1. The number of hydrogen-bond acceptors (Lipinski definition) is 5. The summed E-state index contributed by atoms with van der Waals surface area (Å²) in [6, 6.07) is 8.13. The van der Waals surface area contributed by atoms with Crippen LogP contribution in [0.2, 0.25) is 0 Å². The SMILES string of the molecule is CC(=O)Nc1ccc(-c2cnc(NC3CC4CNCC4C3)cn2)cc1. The van der Waals surface area contributed by atoms with Crippen molar-refractivity contribution >= 4 is 17.4 Å². The van der Waals surface area contributed by atoms with Crippen LogP contribution in [0.5, 0.6) is 0 Å². The van der Waals surface area contributed by atoms with E-state index in [2.05, 4.69) is 25.9 Å². The van der Waals surface area contributed by atoms with Gasteiger partial charge in [-0.3, -0.25) is 9.78 Å². The second kappa shape index (κ2) is 6.80. The third-order valence-electron chi connectivity index (χ3n) is 5.16. The highest BCUT2D eigenvalue weighted by molar-refractivity contribution is 5.88. The van der Waals surface area contributed by atoms with Crippen molar-refractivity contribution in [2.24, 2.45) is 11.8 Å². The topological polar surface area (TPSA) is 78.9 Å². The van der Waals surface area contributed by atoms with Crippen LogP contribution in [0.1, 0.15) is 19.8 Å². The third kappa shape index (κ3) is 3.64. The smallest absolute Gasteiger partial charge is 0.221 e. The molecular weight excluding hydrogens is 314 g/mol. The average Bonchev–Trinajstić information content (AvgIpc) is 3.17. The fourth-order valence-electron chi connectivity index (χ4n) is 3.97. The minimum absolute atomic E-state index is 0.0743. The van der Waals surface area contributed by atoms with Crippen molar-refractivity contribution in [1.82, 2.24) is 15.3 Å². The van der Waals surface area contributed by atoms with Gasteiger partial charge in [-0.05, 0) is 49.9 Å². The van der Waals surface area contributed by atoms with E-state index in [0.717, 1.165) is 47.7 Å². The minimum atomic E-state index is -0.0743. The molecule has 2 atom stereocenters. The van der Waals surface area contributed by atoms with Crippen LogP contribution in [-0.2, 0) is 4.79 Å². The molecule has 6 heteroatoms. The first-order chi connectivity index (χ1) is 12.2. The molecule has 1 aliphatic carbocycles. The Morgan fingerprint density at radius 3 is 2.40 bits per heavy atom. The molecule has 2 aromatic rings. The van der Waals surface area contributed by atoms with Gasteiger partial charge in [-0.2, -0.15) is 0 Å². The molecule has 25 heavy (non-hydrogen) atoms. The van der Waals surface area contributed by atoms with E-state index in [1.807, 2.05) is 30.5 Å². The number of aromatic nitrogens is 2. The Bertz CT molecular complexity index is 731. The molecule has 2 fully saturated rings. The molecule has 130 valence electrons. The quantitative estimate of drug-likeness (QED) is 0.799. The van der Waals surface area contributed by atoms with Crippen molar-refractivity contribution in [2.75, 3.05) is 23.7 Å². The van der Waals surface area contributed by atoms with Crippen LogP contribution in [0, 0.1) is 11.8 Å². The second-order valence-corrected chi connectivity index (χ2v) is 7.04. The molecule has 0 radical (unpaired) electrons. The van der Waals surface area contributed by atoms with Crippen molar-refractivity contribution in [2.45, 2.75) is 25.8 Å². The number of rotatable bonds is 4. The maximum absolute atomic E-state index is 11.1. The van der Waals surface area contributed by atoms with Crippen molar-refractivity contribution < 1.29 is 4.79 Å². The fourth-order valence-corrected chi connectivity index (χ4v) is 3.97. The van der Waals surface area contributed by atoms with Crippen LogP contribution in [0.4, 0.5) is 11.5 Å². The molecule has 4 rings (SSSR count). The summed E-state index contributed by atoms with van der Waals surface area (Å²) in [5, 5.41) is 9.76. The lowest BCUT2D eigenvalue weighted by Crippen LogP contribution is -2.21. The minimum Gasteiger partial charge on any atom is -0.366 e. The van der Waals surface area contributed by atoms with Gasteiger partial charge in [0.1, 0.15) is 5.82 Å². The predicted molar refractivity (Wildman–Crippen MR) is 98.3 cm³/mol. The number of nitrogens with zero attached hydrogens (tertiary/aromatic N) is 2. The van der Waals surface area contributed by atoms with Gasteiger partial charge in [0.2, 0.25) is 5.91 Å². The van der Waals surface area contributed by atoms with Crippen molar-refractivity contribution in [1.29, 1.82) is 0 Å². The summed E-state index contributed by atoms with van der Waals surface area (Å²) >= 11 is 0. The highest BCUT2D eigenvalue weighted by Gasteiger charge is 2.37. The van der Waals surface area contributed by atoms with Gasteiger partial charge in [-0.1, -0.05) is 12.1 Å².